The maximum absolute atomic E-state index is 6.09. The Morgan fingerprint density at radius 3 is 2.57 bits per heavy atom. The average Bonchev–Trinajstić information content (AvgIpc) is 2.99. The van der Waals surface area contributed by atoms with Gasteiger partial charge in [-0.25, -0.2) is 15.0 Å². The third kappa shape index (κ3) is 4.30. The first-order chi connectivity index (χ1) is 10.7. The van der Waals surface area contributed by atoms with Crippen LogP contribution in [0.4, 0.5) is 5.95 Å². The van der Waals surface area contributed by atoms with Crippen LogP contribution in [-0.2, 0) is 6.54 Å². The molecule has 124 valence electrons. The van der Waals surface area contributed by atoms with E-state index in [1.54, 1.807) is 18.6 Å². The molecule has 0 saturated carbocycles. The fourth-order valence-electron chi connectivity index (χ4n) is 2.39. The number of anilines is 1. The molecule has 0 radical (unpaired) electrons. The first-order valence-electron chi connectivity index (χ1n) is 7.29. The predicted molar refractivity (Wildman–Crippen MR) is 99.9 cm³/mol. The van der Waals surface area contributed by atoms with Gasteiger partial charge in [0, 0.05) is 49.8 Å². The van der Waals surface area contributed by atoms with Crippen molar-refractivity contribution in [3.8, 4) is 0 Å². The molecule has 3 N–H and O–H groups in total. The van der Waals surface area contributed by atoms with E-state index in [4.69, 9.17) is 5.73 Å². The Morgan fingerprint density at radius 2 is 1.96 bits per heavy atom. The smallest absolute Gasteiger partial charge is 0.225 e. The lowest BCUT2D eigenvalue weighted by atomic mass is 10.3. The van der Waals surface area contributed by atoms with Crippen LogP contribution in [0.3, 0.4) is 0 Å². The lowest BCUT2D eigenvalue weighted by Gasteiger charge is -2.35. The SMILES string of the molecule is Cc1[nH]ncc1CN=C(N)N1CCN(c2ncccn2)CC1.I. The van der Waals surface area contributed by atoms with Gasteiger partial charge in [-0.05, 0) is 13.0 Å². The molecule has 2 aromatic heterocycles. The summed E-state index contributed by atoms with van der Waals surface area (Å²) < 4.78 is 0. The minimum atomic E-state index is 0. The number of aromatic nitrogens is 4. The van der Waals surface area contributed by atoms with Crippen molar-refractivity contribution in [2.75, 3.05) is 31.1 Å². The molecule has 0 aliphatic carbocycles. The molecular weight excluding hydrogens is 407 g/mol. The van der Waals surface area contributed by atoms with Crippen LogP contribution < -0.4 is 10.6 Å². The summed E-state index contributed by atoms with van der Waals surface area (Å²) in [6.07, 6.45) is 5.31. The Morgan fingerprint density at radius 1 is 1.26 bits per heavy atom. The fraction of sp³-hybridized carbons (Fsp3) is 0.429. The van der Waals surface area contributed by atoms with E-state index in [1.165, 1.54) is 0 Å². The van der Waals surface area contributed by atoms with Gasteiger partial charge in [-0.15, -0.1) is 24.0 Å². The summed E-state index contributed by atoms with van der Waals surface area (Å²) in [6, 6.07) is 1.82. The third-order valence-electron chi connectivity index (χ3n) is 3.78. The van der Waals surface area contributed by atoms with Gasteiger partial charge in [-0.2, -0.15) is 5.10 Å². The highest BCUT2D eigenvalue weighted by Gasteiger charge is 2.19. The molecule has 0 amide bonds. The highest BCUT2D eigenvalue weighted by Crippen LogP contribution is 2.10. The average molecular weight is 428 g/mol. The van der Waals surface area contributed by atoms with Gasteiger partial charge in [0.2, 0.25) is 5.95 Å². The second-order valence-electron chi connectivity index (χ2n) is 5.22. The number of piperazine rings is 1. The highest BCUT2D eigenvalue weighted by molar-refractivity contribution is 14.0. The quantitative estimate of drug-likeness (QED) is 0.426. The lowest BCUT2D eigenvalue weighted by molar-refractivity contribution is 0.378. The van der Waals surface area contributed by atoms with Gasteiger partial charge >= 0.3 is 0 Å². The number of aryl methyl sites for hydroxylation is 1. The van der Waals surface area contributed by atoms with Crippen LogP contribution in [0.5, 0.6) is 0 Å². The molecule has 0 unspecified atom stereocenters. The number of halogens is 1. The van der Waals surface area contributed by atoms with E-state index in [0.717, 1.165) is 43.4 Å². The summed E-state index contributed by atoms with van der Waals surface area (Å²) in [5, 5.41) is 6.89. The number of nitrogens with two attached hydrogens (primary N) is 1. The second-order valence-corrected chi connectivity index (χ2v) is 5.22. The van der Waals surface area contributed by atoms with Crippen molar-refractivity contribution in [1.29, 1.82) is 0 Å². The molecule has 0 atom stereocenters. The fourth-order valence-corrected chi connectivity index (χ4v) is 2.39. The van der Waals surface area contributed by atoms with Gasteiger partial charge in [0.1, 0.15) is 0 Å². The zero-order valence-electron chi connectivity index (χ0n) is 13.0. The number of guanidine groups is 1. The van der Waals surface area contributed by atoms with Crippen molar-refractivity contribution in [2.24, 2.45) is 10.7 Å². The van der Waals surface area contributed by atoms with E-state index in [1.807, 2.05) is 13.0 Å². The molecule has 23 heavy (non-hydrogen) atoms. The highest BCUT2D eigenvalue weighted by atomic mass is 127. The number of nitrogens with zero attached hydrogens (tertiary/aromatic N) is 6. The Kier molecular flexibility index (Phi) is 6.13. The summed E-state index contributed by atoms with van der Waals surface area (Å²) in [4.78, 5) is 17.3. The summed E-state index contributed by atoms with van der Waals surface area (Å²) in [5.74, 6) is 1.35. The van der Waals surface area contributed by atoms with E-state index < -0.39 is 0 Å². The zero-order chi connectivity index (χ0) is 15.4. The molecular formula is C14H21IN8. The molecule has 0 spiro atoms. The zero-order valence-corrected chi connectivity index (χ0v) is 15.3. The first kappa shape index (κ1) is 17.4. The number of hydrogen-bond acceptors (Lipinski definition) is 5. The monoisotopic (exact) mass is 428 g/mol. The van der Waals surface area contributed by atoms with E-state index >= 15 is 0 Å². The second kappa shape index (κ2) is 8.09. The van der Waals surface area contributed by atoms with E-state index in [-0.39, 0.29) is 24.0 Å². The van der Waals surface area contributed by atoms with Gasteiger partial charge in [-0.3, -0.25) is 5.10 Å². The van der Waals surface area contributed by atoms with Crippen molar-refractivity contribution >= 4 is 35.9 Å². The van der Waals surface area contributed by atoms with Crippen LogP contribution in [0.1, 0.15) is 11.3 Å². The summed E-state index contributed by atoms with van der Waals surface area (Å²) in [5.41, 5.74) is 8.19. The standard InChI is InChI=1S/C14H20N8.HI/c1-11-12(10-19-20-11)9-18-13(15)21-5-7-22(8-6-21)14-16-3-2-4-17-14;/h2-4,10H,5-9H2,1H3,(H2,15,18)(H,19,20);1H. The molecule has 1 fully saturated rings. The minimum absolute atomic E-state index is 0. The van der Waals surface area contributed by atoms with Crippen molar-refractivity contribution in [1.82, 2.24) is 25.1 Å². The Labute approximate surface area is 152 Å². The molecule has 1 aliphatic heterocycles. The maximum atomic E-state index is 6.09. The van der Waals surface area contributed by atoms with E-state index in [9.17, 15) is 0 Å². The summed E-state index contributed by atoms with van der Waals surface area (Å²) in [6.45, 7) is 5.84. The van der Waals surface area contributed by atoms with Crippen molar-refractivity contribution in [2.45, 2.75) is 13.5 Å². The Balaban J connectivity index is 0.00000192. The topological polar surface area (TPSA) is 99.3 Å². The van der Waals surface area contributed by atoms with Gasteiger partial charge in [0.05, 0.1) is 12.7 Å². The van der Waals surface area contributed by atoms with Crippen molar-refractivity contribution in [3.63, 3.8) is 0 Å². The number of aliphatic imine (C=N–C) groups is 1. The molecule has 1 aliphatic rings. The van der Waals surface area contributed by atoms with E-state index in [2.05, 4.69) is 35.0 Å². The van der Waals surface area contributed by atoms with Crippen LogP contribution in [0.15, 0.2) is 29.6 Å². The van der Waals surface area contributed by atoms with Crippen LogP contribution in [-0.4, -0.2) is 57.2 Å². The number of rotatable bonds is 3. The number of nitrogens with one attached hydrogen (secondary N) is 1. The summed E-state index contributed by atoms with van der Waals surface area (Å²) >= 11 is 0. The minimum Gasteiger partial charge on any atom is -0.370 e. The van der Waals surface area contributed by atoms with Crippen molar-refractivity contribution < 1.29 is 0 Å². The molecule has 9 heteroatoms. The first-order valence-corrected chi connectivity index (χ1v) is 7.29. The predicted octanol–water partition coefficient (Wildman–Crippen LogP) is 0.763. The third-order valence-corrected chi connectivity index (χ3v) is 3.78. The van der Waals surface area contributed by atoms with Crippen LogP contribution in [0.2, 0.25) is 0 Å². The van der Waals surface area contributed by atoms with Crippen molar-refractivity contribution in [3.05, 3.63) is 35.9 Å². The van der Waals surface area contributed by atoms with Gasteiger partial charge in [-0.1, -0.05) is 0 Å². The normalized spacial score (nSPS) is 15.4. The Bertz CT molecular complexity index is 633. The van der Waals surface area contributed by atoms with E-state index in [0.29, 0.717) is 12.5 Å². The Hall–Kier alpha value is -1.91. The van der Waals surface area contributed by atoms with Crippen LogP contribution >= 0.6 is 24.0 Å². The largest absolute Gasteiger partial charge is 0.370 e. The molecule has 1 saturated heterocycles. The lowest BCUT2D eigenvalue weighted by Crippen LogP contribution is -2.51. The maximum Gasteiger partial charge on any atom is 0.225 e. The van der Waals surface area contributed by atoms with Gasteiger partial charge in [0.15, 0.2) is 5.96 Å². The van der Waals surface area contributed by atoms with Crippen LogP contribution in [0.25, 0.3) is 0 Å². The molecule has 0 bridgehead atoms. The molecule has 3 rings (SSSR count). The number of aromatic amines is 1. The molecule has 3 heterocycles. The molecule has 0 aromatic carbocycles. The van der Waals surface area contributed by atoms with Gasteiger partial charge < -0.3 is 15.5 Å². The number of hydrogen-bond donors (Lipinski definition) is 2. The van der Waals surface area contributed by atoms with Crippen LogP contribution in [0, 0.1) is 6.92 Å². The van der Waals surface area contributed by atoms with Gasteiger partial charge in [0.25, 0.3) is 0 Å². The number of H-pyrrole nitrogens is 1. The summed E-state index contributed by atoms with van der Waals surface area (Å²) in [7, 11) is 0. The molecule has 2 aromatic rings. The molecule has 8 nitrogen and oxygen atoms in total.